The van der Waals surface area contributed by atoms with E-state index < -0.39 is 5.97 Å². The van der Waals surface area contributed by atoms with Gasteiger partial charge >= 0.3 is 5.97 Å². The van der Waals surface area contributed by atoms with Gasteiger partial charge in [-0.05, 0) is 37.1 Å². The van der Waals surface area contributed by atoms with Gasteiger partial charge < -0.3 is 14.8 Å². The maximum absolute atomic E-state index is 11.9. The summed E-state index contributed by atoms with van der Waals surface area (Å²) in [6.45, 7) is 2.17. The first kappa shape index (κ1) is 15.7. The van der Waals surface area contributed by atoms with Gasteiger partial charge in [-0.1, -0.05) is 0 Å². The third-order valence-corrected chi connectivity index (χ3v) is 3.02. The van der Waals surface area contributed by atoms with E-state index in [2.05, 4.69) is 15.5 Å². The molecule has 0 saturated carbocycles. The normalized spacial score (nSPS) is 10.4. The Kier molecular flexibility index (Phi) is 5.24. The fourth-order valence-electron chi connectivity index (χ4n) is 1.88. The van der Waals surface area contributed by atoms with Gasteiger partial charge in [-0.2, -0.15) is 0 Å². The monoisotopic (exact) mass is 303 g/mol. The Morgan fingerprint density at radius 3 is 2.50 bits per heavy atom. The second-order valence-electron chi connectivity index (χ2n) is 4.81. The van der Waals surface area contributed by atoms with E-state index in [-0.39, 0.29) is 12.3 Å². The zero-order chi connectivity index (χ0) is 15.9. The fraction of sp³-hybridized carbons (Fsp3) is 0.333. The molecule has 0 aliphatic carbocycles. The Balaban J connectivity index is 1.84. The first-order valence-electron chi connectivity index (χ1n) is 6.97. The molecule has 0 aliphatic heterocycles. The molecule has 0 atom stereocenters. The number of hydrogen-bond donors (Lipinski definition) is 2. The summed E-state index contributed by atoms with van der Waals surface area (Å²) in [5.74, 6) is -0.113. The lowest BCUT2D eigenvalue weighted by Crippen LogP contribution is -2.24. The minimum Gasteiger partial charge on any atom is -0.481 e. The van der Waals surface area contributed by atoms with Gasteiger partial charge in [0.15, 0.2) is 0 Å². The molecule has 1 aromatic heterocycles. The van der Waals surface area contributed by atoms with Gasteiger partial charge in [0.25, 0.3) is 5.91 Å². The lowest BCUT2D eigenvalue weighted by molar-refractivity contribution is -0.137. The minimum atomic E-state index is -0.821. The number of rotatable bonds is 7. The second kappa shape index (κ2) is 7.35. The van der Waals surface area contributed by atoms with Crippen molar-refractivity contribution in [2.45, 2.75) is 26.2 Å². The van der Waals surface area contributed by atoms with Gasteiger partial charge in [0, 0.05) is 31.0 Å². The third-order valence-electron chi connectivity index (χ3n) is 3.02. The number of carboxylic acids is 1. The molecule has 0 radical (unpaired) electrons. The third kappa shape index (κ3) is 4.41. The van der Waals surface area contributed by atoms with Crippen LogP contribution in [0.1, 0.15) is 35.5 Å². The molecular formula is C15H17N3O4. The predicted octanol–water partition coefficient (Wildman–Crippen LogP) is 2.03. The van der Waals surface area contributed by atoms with Crippen molar-refractivity contribution in [3.8, 4) is 11.5 Å². The molecule has 7 heteroatoms. The summed E-state index contributed by atoms with van der Waals surface area (Å²) < 4.78 is 5.31. The molecule has 7 nitrogen and oxygen atoms in total. The van der Waals surface area contributed by atoms with Crippen LogP contribution in [-0.4, -0.2) is 33.7 Å². The van der Waals surface area contributed by atoms with Crippen LogP contribution in [0, 0.1) is 6.92 Å². The molecule has 2 rings (SSSR count). The average Bonchev–Trinajstić information content (AvgIpc) is 2.93. The molecule has 1 aromatic carbocycles. The topological polar surface area (TPSA) is 105 Å². The summed E-state index contributed by atoms with van der Waals surface area (Å²) in [7, 11) is 0. The van der Waals surface area contributed by atoms with Crippen molar-refractivity contribution >= 4 is 11.9 Å². The van der Waals surface area contributed by atoms with Crippen LogP contribution >= 0.6 is 0 Å². The van der Waals surface area contributed by atoms with Crippen LogP contribution in [0.15, 0.2) is 28.7 Å². The van der Waals surface area contributed by atoms with Crippen molar-refractivity contribution in [3.05, 3.63) is 35.7 Å². The van der Waals surface area contributed by atoms with E-state index in [9.17, 15) is 9.59 Å². The molecule has 0 aliphatic rings. The lowest BCUT2D eigenvalue weighted by atomic mass is 10.1. The summed E-state index contributed by atoms with van der Waals surface area (Å²) in [4.78, 5) is 22.3. The largest absolute Gasteiger partial charge is 0.481 e. The van der Waals surface area contributed by atoms with Crippen molar-refractivity contribution in [1.29, 1.82) is 0 Å². The van der Waals surface area contributed by atoms with Crippen LogP contribution < -0.4 is 5.32 Å². The molecule has 0 unspecified atom stereocenters. The SMILES string of the molecule is Cc1nnc(-c2ccc(C(=O)NCCCCC(=O)O)cc2)o1. The van der Waals surface area contributed by atoms with Crippen molar-refractivity contribution < 1.29 is 19.1 Å². The highest BCUT2D eigenvalue weighted by Gasteiger charge is 2.08. The van der Waals surface area contributed by atoms with Crippen LogP contribution in [0.5, 0.6) is 0 Å². The molecule has 2 aromatic rings. The standard InChI is InChI=1S/C15H17N3O4/c1-10-17-18-15(22-10)12-7-5-11(6-8-12)14(21)16-9-3-2-4-13(19)20/h5-8H,2-4,9H2,1H3,(H,16,21)(H,19,20). The number of benzene rings is 1. The summed E-state index contributed by atoms with van der Waals surface area (Å²) in [5.41, 5.74) is 1.27. The van der Waals surface area contributed by atoms with E-state index in [0.29, 0.717) is 36.7 Å². The van der Waals surface area contributed by atoms with E-state index in [1.54, 1.807) is 31.2 Å². The summed E-state index contributed by atoms with van der Waals surface area (Å²) in [5, 5.41) is 18.9. The highest BCUT2D eigenvalue weighted by Crippen LogP contribution is 2.18. The maximum atomic E-state index is 11.9. The fourth-order valence-corrected chi connectivity index (χ4v) is 1.88. The summed E-state index contributed by atoms with van der Waals surface area (Å²) >= 11 is 0. The van der Waals surface area contributed by atoms with E-state index in [4.69, 9.17) is 9.52 Å². The summed E-state index contributed by atoms with van der Waals surface area (Å²) in [6, 6.07) is 6.85. The zero-order valence-corrected chi connectivity index (χ0v) is 12.2. The van der Waals surface area contributed by atoms with Gasteiger partial charge in [0.1, 0.15) is 0 Å². The molecular weight excluding hydrogens is 286 g/mol. The number of carboxylic acid groups (broad SMARTS) is 1. The van der Waals surface area contributed by atoms with E-state index in [1.165, 1.54) is 0 Å². The highest BCUT2D eigenvalue weighted by atomic mass is 16.4. The highest BCUT2D eigenvalue weighted by molar-refractivity contribution is 5.94. The van der Waals surface area contributed by atoms with E-state index in [0.717, 1.165) is 5.56 Å². The predicted molar refractivity (Wildman–Crippen MR) is 78.3 cm³/mol. The molecule has 116 valence electrons. The molecule has 0 spiro atoms. The Hall–Kier alpha value is -2.70. The molecule has 0 saturated heterocycles. The first-order valence-corrected chi connectivity index (χ1v) is 6.97. The second-order valence-corrected chi connectivity index (χ2v) is 4.81. The number of aryl methyl sites for hydroxylation is 1. The molecule has 0 fully saturated rings. The van der Waals surface area contributed by atoms with Crippen LogP contribution in [-0.2, 0) is 4.79 Å². The van der Waals surface area contributed by atoms with Crippen molar-refractivity contribution in [2.24, 2.45) is 0 Å². The van der Waals surface area contributed by atoms with Crippen LogP contribution in [0.2, 0.25) is 0 Å². The van der Waals surface area contributed by atoms with Crippen molar-refractivity contribution in [2.75, 3.05) is 6.54 Å². The smallest absolute Gasteiger partial charge is 0.303 e. The Morgan fingerprint density at radius 1 is 1.18 bits per heavy atom. The van der Waals surface area contributed by atoms with Gasteiger partial charge in [0.05, 0.1) is 0 Å². The lowest BCUT2D eigenvalue weighted by Gasteiger charge is -2.05. The first-order chi connectivity index (χ1) is 10.6. The molecule has 1 heterocycles. The van der Waals surface area contributed by atoms with Gasteiger partial charge in [-0.3, -0.25) is 9.59 Å². The molecule has 2 N–H and O–H groups in total. The number of amides is 1. The molecule has 22 heavy (non-hydrogen) atoms. The average molecular weight is 303 g/mol. The van der Waals surface area contributed by atoms with Crippen LogP contribution in [0.4, 0.5) is 0 Å². The Morgan fingerprint density at radius 2 is 1.91 bits per heavy atom. The van der Waals surface area contributed by atoms with Gasteiger partial charge in [0.2, 0.25) is 11.8 Å². The summed E-state index contributed by atoms with van der Waals surface area (Å²) in [6.07, 6.45) is 1.30. The Labute approximate surface area is 127 Å². The van der Waals surface area contributed by atoms with Crippen LogP contribution in [0.3, 0.4) is 0 Å². The minimum absolute atomic E-state index is 0.119. The molecule has 1 amide bonds. The zero-order valence-electron chi connectivity index (χ0n) is 12.2. The van der Waals surface area contributed by atoms with Crippen LogP contribution in [0.25, 0.3) is 11.5 Å². The van der Waals surface area contributed by atoms with Gasteiger partial charge in [-0.15, -0.1) is 10.2 Å². The number of nitrogens with one attached hydrogen (secondary N) is 1. The van der Waals surface area contributed by atoms with Crippen molar-refractivity contribution in [3.63, 3.8) is 0 Å². The Bertz CT molecular complexity index is 649. The quantitative estimate of drug-likeness (QED) is 0.758. The van der Waals surface area contributed by atoms with Gasteiger partial charge in [-0.25, -0.2) is 0 Å². The molecule has 0 bridgehead atoms. The van der Waals surface area contributed by atoms with E-state index in [1.807, 2.05) is 0 Å². The number of unbranched alkanes of at least 4 members (excludes halogenated alkanes) is 1. The van der Waals surface area contributed by atoms with Crippen molar-refractivity contribution in [1.82, 2.24) is 15.5 Å². The number of aliphatic carboxylic acids is 1. The van der Waals surface area contributed by atoms with E-state index >= 15 is 0 Å². The number of nitrogens with zero attached hydrogens (tertiary/aromatic N) is 2. The number of hydrogen-bond acceptors (Lipinski definition) is 5. The maximum Gasteiger partial charge on any atom is 0.303 e. The number of carbonyl (C=O) groups excluding carboxylic acids is 1. The number of carbonyl (C=O) groups is 2. The number of aromatic nitrogens is 2.